The Morgan fingerprint density at radius 1 is 1.05 bits per heavy atom. The summed E-state index contributed by atoms with van der Waals surface area (Å²) >= 11 is 0. The van der Waals surface area contributed by atoms with Crippen LogP contribution in [0.3, 0.4) is 0 Å². The fourth-order valence-electron chi connectivity index (χ4n) is 3.41. The second-order valence-electron chi connectivity index (χ2n) is 6.23. The molecule has 0 unspecified atom stereocenters. The first kappa shape index (κ1) is 12.8. The fourth-order valence-corrected chi connectivity index (χ4v) is 3.41. The second kappa shape index (κ2) is 4.53. The van der Waals surface area contributed by atoms with Crippen LogP contribution in [0.5, 0.6) is 0 Å². The molecule has 3 aliphatic heterocycles. The number of hydrogen-bond donors (Lipinski definition) is 0. The third-order valence-corrected chi connectivity index (χ3v) is 4.34. The number of hydrogen-bond acceptors (Lipinski definition) is 4. The summed E-state index contributed by atoms with van der Waals surface area (Å²) in [6.45, 7) is 4.46. The van der Waals surface area contributed by atoms with Crippen molar-refractivity contribution in [3.8, 4) is 0 Å². The molecule has 2 saturated heterocycles. The molecule has 0 amide bonds. The Morgan fingerprint density at radius 3 is 2.70 bits per heavy atom. The summed E-state index contributed by atoms with van der Waals surface area (Å²) < 4.78 is 23.9. The molecule has 1 aromatic rings. The van der Waals surface area contributed by atoms with Crippen LogP contribution < -0.4 is 0 Å². The van der Waals surface area contributed by atoms with Gasteiger partial charge < -0.3 is 18.9 Å². The number of rotatable bonds is 0. The lowest BCUT2D eigenvalue weighted by atomic mass is 9.97. The van der Waals surface area contributed by atoms with Crippen molar-refractivity contribution in [1.29, 1.82) is 0 Å². The van der Waals surface area contributed by atoms with Gasteiger partial charge in [0.1, 0.15) is 12.2 Å². The smallest absolute Gasteiger partial charge is 0.190 e. The minimum absolute atomic E-state index is 0.0323. The molecule has 0 bridgehead atoms. The second-order valence-corrected chi connectivity index (χ2v) is 6.23. The van der Waals surface area contributed by atoms with Crippen LogP contribution in [-0.4, -0.2) is 30.4 Å². The molecule has 108 valence electrons. The van der Waals surface area contributed by atoms with Gasteiger partial charge in [0.2, 0.25) is 0 Å². The molecule has 1 aromatic carbocycles. The van der Waals surface area contributed by atoms with E-state index in [2.05, 4.69) is 24.3 Å². The Labute approximate surface area is 119 Å². The minimum Gasteiger partial charge on any atom is -0.368 e. The van der Waals surface area contributed by atoms with Gasteiger partial charge >= 0.3 is 0 Å². The molecule has 4 atom stereocenters. The van der Waals surface area contributed by atoms with Gasteiger partial charge in [0.15, 0.2) is 12.1 Å². The van der Waals surface area contributed by atoms with E-state index >= 15 is 0 Å². The van der Waals surface area contributed by atoms with Crippen molar-refractivity contribution in [2.75, 3.05) is 0 Å². The Kier molecular flexibility index (Phi) is 2.89. The molecule has 0 saturated carbocycles. The van der Waals surface area contributed by atoms with Gasteiger partial charge in [-0.3, -0.25) is 0 Å². The number of benzene rings is 1. The monoisotopic (exact) mass is 276 g/mol. The number of fused-ring (bicyclic) bond motifs is 4. The lowest BCUT2D eigenvalue weighted by Crippen LogP contribution is -2.37. The molecule has 0 aromatic heterocycles. The maximum absolute atomic E-state index is 6.11. The highest BCUT2D eigenvalue weighted by molar-refractivity contribution is 5.27. The predicted octanol–water partition coefficient (Wildman–Crippen LogP) is 2.39. The minimum atomic E-state index is -0.579. The summed E-state index contributed by atoms with van der Waals surface area (Å²) in [7, 11) is 0. The normalized spacial score (nSPS) is 38.5. The summed E-state index contributed by atoms with van der Waals surface area (Å²) in [6, 6.07) is 8.45. The highest BCUT2D eigenvalue weighted by Gasteiger charge is 2.55. The van der Waals surface area contributed by atoms with Gasteiger partial charge in [0.05, 0.1) is 12.7 Å². The van der Waals surface area contributed by atoms with Crippen molar-refractivity contribution in [2.24, 2.45) is 0 Å². The molecule has 0 N–H and O–H groups in total. The molecule has 4 heteroatoms. The number of aryl methyl sites for hydroxylation is 1. The van der Waals surface area contributed by atoms with E-state index in [1.54, 1.807) is 0 Å². The summed E-state index contributed by atoms with van der Waals surface area (Å²) in [5, 5.41) is 0. The van der Waals surface area contributed by atoms with Gasteiger partial charge in [0, 0.05) is 0 Å². The molecule has 3 heterocycles. The molecule has 20 heavy (non-hydrogen) atoms. The average Bonchev–Trinajstić information content (AvgIpc) is 2.83. The first-order valence-electron chi connectivity index (χ1n) is 7.32. The molecule has 4 rings (SSSR count). The summed E-state index contributed by atoms with van der Waals surface area (Å²) in [4.78, 5) is 0. The summed E-state index contributed by atoms with van der Waals surface area (Å²) in [6.07, 6.45) is 1.59. The van der Waals surface area contributed by atoms with E-state index in [0.29, 0.717) is 6.61 Å². The van der Waals surface area contributed by atoms with Crippen molar-refractivity contribution in [1.82, 2.24) is 0 Å². The lowest BCUT2D eigenvalue weighted by molar-refractivity contribution is -0.220. The van der Waals surface area contributed by atoms with Crippen LogP contribution >= 0.6 is 0 Å². The predicted molar refractivity (Wildman–Crippen MR) is 72.0 cm³/mol. The molecule has 3 aliphatic rings. The van der Waals surface area contributed by atoms with Crippen molar-refractivity contribution < 1.29 is 18.9 Å². The lowest BCUT2D eigenvalue weighted by Gasteiger charge is -2.28. The molecule has 2 fully saturated rings. The van der Waals surface area contributed by atoms with Crippen molar-refractivity contribution >= 4 is 0 Å². The molecule has 4 nitrogen and oxygen atoms in total. The average molecular weight is 276 g/mol. The van der Waals surface area contributed by atoms with E-state index in [9.17, 15) is 0 Å². The SMILES string of the molecule is CC1(C)O[C@H]2O[C@@H]3CCc4ccccc4CO[C@H]3[C@H]2O1. The standard InChI is InChI=1S/C16H20O4/c1-16(2)19-14-13-12(18-15(14)20-16)8-7-10-5-3-4-6-11(10)9-17-13/h3-6,12-15H,7-9H2,1-2H3/t12-,13-,14-,15-/m1/s1. The van der Waals surface area contributed by atoms with Crippen LogP contribution in [0.15, 0.2) is 24.3 Å². The molecule has 0 spiro atoms. The topological polar surface area (TPSA) is 36.9 Å². The summed E-state index contributed by atoms with van der Waals surface area (Å²) in [5.74, 6) is -0.579. The largest absolute Gasteiger partial charge is 0.368 e. The molecule has 0 radical (unpaired) electrons. The van der Waals surface area contributed by atoms with Gasteiger partial charge in [-0.05, 0) is 37.8 Å². The van der Waals surface area contributed by atoms with E-state index in [4.69, 9.17) is 18.9 Å². The van der Waals surface area contributed by atoms with E-state index < -0.39 is 5.79 Å². The van der Waals surface area contributed by atoms with E-state index in [-0.39, 0.29) is 24.6 Å². The fraction of sp³-hybridized carbons (Fsp3) is 0.625. The molecular weight excluding hydrogens is 256 g/mol. The van der Waals surface area contributed by atoms with Crippen LogP contribution in [0.25, 0.3) is 0 Å². The Hall–Kier alpha value is -0.940. The quantitative estimate of drug-likeness (QED) is 0.729. The third kappa shape index (κ3) is 2.07. The van der Waals surface area contributed by atoms with E-state index in [1.165, 1.54) is 11.1 Å². The van der Waals surface area contributed by atoms with Crippen LogP contribution in [0.1, 0.15) is 31.4 Å². The zero-order chi connectivity index (χ0) is 13.7. The van der Waals surface area contributed by atoms with Gasteiger partial charge in [-0.25, -0.2) is 0 Å². The molecular formula is C16H20O4. The third-order valence-electron chi connectivity index (χ3n) is 4.34. The number of ether oxygens (including phenoxy) is 4. The highest BCUT2D eigenvalue weighted by atomic mass is 16.8. The van der Waals surface area contributed by atoms with Crippen molar-refractivity contribution in [3.63, 3.8) is 0 Å². The van der Waals surface area contributed by atoms with Gasteiger partial charge in [0.25, 0.3) is 0 Å². The maximum atomic E-state index is 6.11. The zero-order valence-electron chi connectivity index (χ0n) is 11.9. The molecule has 0 aliphatic carbocycles. The van der Waals surface area contributed by atoms with E-state index in [0.717, 1.165) is 12.8 Å². The summed E-state index contributed by atoms with van der Waals surface area (Å²) in [5.41, 5.74) is 2.63. The van der Waals surface area contributed by atoms with Crippen molar-refractivity contribution in [2.45, 2.75) is 63.7 Å². The van der Waals surface area contributed by atoms with Crippen LogP contribution in [-0.2, 0) is 32.0 Å². The zero-order valence-corrected chi connectivity index (χ0v) is 11.9. The maximum Gasteiger partial charge on any atom is 0.190 e. The van der Waals surface area contributed by atoms with Crippen LogP contribution in [0.4, 0.5) is 0 Å². The highest BCUT2D eigenvalue weighted by Crippen LogP contribution is 2.41. The Bertz CT molecular complexity index is 513. The van der Waals surface area contributed by atoms with Crippen molar-refractivity contribution in [3.05, 3.63) is 35.4 Å². The van der Waals surface area contributed by atoms with E-state index in [1.807, 2.05) is 13.8 Å². The van der Waals surface area contributed by atoms with Gasteiger partial charge in [-0.15, -0.1) is 0 Å². The van der Waals surface area contributed by atoms with Gasteiger partial charge in [-0.1, -0.05) is 24.3 Å². The Morgan fingerprint density at radius 2 is 1.85 bits per heavy atom. The van der Waals surface area contributed by atoms with Crippen LogP contribution in [0.2, 0.25) is 0 Å². The van der Waals surface area contributed by atoms with Gasteiger partial charge in [-0.2, -0.15) is 0 Å². The van der Waals surface area contributed by atoms with Crippen LogP contribution in [0, 0.1) is 0 Å². The first-order chi connectivity index (χ1) is 9.62. The first-order valence-corrected chi connectivity index (χ1v) is 7.32. The Balaban J connectivity index is 1.57.